The number of hydrogen-bond donors (Lipinski definition) is 0. The highest BCUT2D eigenvalue weighted by molar-refractivity contribution is 8.02. The molecule has 0 atom stereocenters. The van der Waals surface area contributed by atoms with Gasteiger partial charge in [-0.05, 0) is 55.3 Å². The summed E-state index contributed by atoms with van der Waals surface area (Å²) in [5.74, 6) is -0.643. The van der Waals surface area contributed by atoms with Crippen molar-refractivity contribution in [3.63, 3.8) is 0 Å². The number of piperidine rings is 1. The highest BCUT2D eigenvalue weighted by atomic mass is 32.2. The molecule has 2 amide bonds. The molecule has 2 aliphatic heterocycles. The van der Waals surface area contributed by atoms with Crippen LogP contribution in [0.5, 0.6) is 0 Å². The van der Waals surface area contributed by atoms with Gasteiger partial charge in [-0.25, -0.2) is 4.39 Å². The van der Waals surface area contributed by atoms with E-state index in [0.717, 1.165) is 12.1 Å². The van der Waals surface area contributed by atoms with Crippen molar-refractivity contribution in [2.24, 2.45) is 0 Å². The monoisotopic (exact) mass is 438 g/mol. The van der Waals surface area contributed by atoms with E-state index in [1.807, 2.05) is 0 Å². The first kappa shape index (κ1) is 20.7. The molecule has 2 heterocycles. The molecular formula is C21H18F4N2O2S. The van der Waals surface area contributed by atoms with Gasteiger partial charge in [0.2, 0.25) is 5.91 Å². The third kappa shape index (κ3) is 3.78. The summed E-state index contributed by atoms with van der Waals surface area (Å²) in [6, 6.07) is 10.1. The SMILES string of the molecule is O=C(c1cccc(C(F)(F)F)c1)N1CCC2(CC1)SCC(=O)N2c1ccc(F)cc1. The van der Waals surface area contributed by atoms with E-state index in [4.69, 9.17) is 0 Å². The average molecular weight is 438 g/mol. The molecule has 2 saturated heterocycles. The van der Waals surface area contributed by atoms with Crippen molar-refractivity contribution in [3.05, 3.63) is 65.5 Å². The second-order valence-electron chi connectivity index (χ2n) is 7.31. The zero-order chi connectivity index (χ0) is 21.5. The van der Waals surface area contributed by atoms with Crippen LogP contribution < -0.4 is 4.90 Å². The van der Waals surface area contributed by atoms with Gasteiger partial charge in [0.1, 0.15) is 5.82 Å². The van der Waals surface area contributed by atoms with Crippen LogP contribution in [0.4, 0.5) is 23.2 Å². The van der Waals surface area contributed by atoms with Gasteiger partial charge in [0, 0.05) is 24.3 Å². The van der Waals surface area contributed by atoms with Gasteiger partial charge in [-0.1, -0.05) is 6.07 Å². The lowest BCUT2D eigenvalue weighted by atomic mass is 10.00. The first-order valence-corrected chi connectivity index (χ1v) is 10.4. The summed E-state index contributed by atoms with van der Waals surface area (Å²) < 4.78 is 52.1. The molecule has 1 spiro atoms. The number of carbonyl (C=O) groups is 2. The van der Waals surface area contributed by atoms with E-state index in [0.29, 0.717) is 37.4 Å². The lowest BCUT2D eigenvalue weighted by Gasteiger charge is -2.44. The van der Waals surface area contributed by atoms with Crippen molar-refractivity contribution in [1.82, 2.24) is 4.90 Å². The number of carbonyl (C=O) groups excluding carboxylic acids is 2. The van der Waals surface area contributed by atoms with Crippen molar-refractivity contribution >= 4 is 29.3 Å². The fourth-order valence-electron chi connectivity index (χ4n) is 3.96. The zero-order valence-corrected chi connectivity index (χ0v) is 16.6. The first-order valence-electron chi connectivity index (χ1n) is 9.39. The second-order valence-corrected chi connectivity index (χ2v) is 8.65. The van der Waals surface area contributed by atoms with Crippen molar-refractivity contribution < 1.29 is 27.2 Å². The summed E-state index contributed by atoms with van der Waals surface area (Å²) in [7, 11) is 0. The molecule has 0 unspecified atom stereocenters. The molecule has 0 bridgehead atoms. The highest BCUT2D eigenvalue weighted by Gasteiger charge is 2.49. The Labute approximate surface area is 174 Å². The molecule has 158 valence electrons. The molecule has 0 radical (unpaired) electrons. The Morgan fingerprint density at radius 2 is 1.70 bits per heavy atom. The quantitative estimate of drug-likeness (QED) is 0.646. The molecule has 0 N–H and O–H groups in total. The molecular weight excluding hydrogens is 420 g/mol. The minimum Gasteiger partial charge on any atom is -0.338 e. The van der Waals surface area contributed by atoms with E-state index in [2.05, 4.69) is 0 Å². The maximum absolute atomic E-state index is 13.3. The topological polar surface area (TPSA) is 40.6 Å². The molecule has 30 heavy (non-hydrogen) atoms. The van der Waals surface area contributed by atoms with Gasteiger partial charge in [0.25, 0.3) is 5.91 Å². The maximum atomic E-state index is 13.3. The lowest BCUT2D eigenvalue weighted by molar-refractivity contribution is -0.137. The summed E-state index contributed by atoms with van der Waals surface area (Å²) in [4.78, 5) is 27.9. The van der Waals surface area contributed by atoms with Crippen molar-refractivity contribution in [2.75, 3.05) is 23.7 Å². The molecule has 4 nitrogen and oxygen atoms in total. The van der Waals surface area contributed by atoms with E-state index in [-0.39, 0.29) is 11.5 Å². The Morgan fingerprint density at radius 1 is 1.03 bits per heavy atom. The second kappa shape index (κ2) is 7.61. The number of benzene rings is 2. The van der Waals surface area contributed by atoms with E-state index >= 15 is 0 Å². The number of nitrogens with zero attached hydrogens (tertiary/aromatic N) is 2. The van der Waals surface area contributed by atoms with E-state index < -0.39 is 28.3 Å². The largest absolute Gasteiger partial charge is 0.416 e. The van der Waals surface area contributed by atoms with Gasteiger partial charge in [0.15, 0.2) is 0 Å². The van der Waals surface area contributed by atoms with E-state index in [1.54, 1.807) is 17.0 Å². The van der Waals surface area contributed by atoms with Crippen molar-refractivity contribution in [3.8, 4) is 0 Å². The Kier molecular flexibility index (Phi) is 5.25. The third-order valence-electron chi connectivity index (χ3n) is 5.47. The molecule has 0 saturated carbocycles. The van der Waals surface area contributed by atoms with Crippen LogP contribution in [-0.4, -0.2) is 40.4 Å². The fraction of sp³-hybridized carbons (Fsp3) is 0.333. The van der Waals surface area contributed by atoms with Gasteiger partial charge in [-0.3, -0.25) is 14.5 Å². The number of alkyl halides is 3. The number of likely N-dealkylation sites (tertiary alicyclic amines) is 1. The van der Waals surface area contributed by atoms with Crippen LogP contribution in [0.1, 0.15) is 28.8 Å². The van der Waals surface area contributed by atoms with Crippen LogP contribution in [0.3, 0.4) is 0 Å². The standard InChI is InChI=1S/C21H18F4N2O2S/c22-16-4-6-17(7-5-16)27-18(28)13-30-20(27)8-10-26(11-9-20)19(29)14-2-1-3-15(12-14)21(23,24)25/h1-7,12H,8-11,13H2. The summed E-state index contributed by atoms with van der Waals surface area (Å²) in [6.07, 6.45) is -3.56. The van der Waals surface area contributed by atoms with Crippen LogP contribution in [0.2, 0.25) is 0 Å². The predicted molar refractivity (Wildman–Crippen MR) is 106 cm³/mol. The average Bonchev–Trinajstić information content (AvgIpc) is 3.04. The van der Waals surface area contributed by atoms with Crippen LogP contribution >= 0.6 is 11.8 Å². The fourth-order valence-corrected chi connectivity index (χ4v) is 5.29. The molecule has 0 aromatic heterocycles. The smallest absolute Gasteiger partial charge is 0.338 e. The lowest BCUT2D eigenvalue weighted by Crippen LogP contribution is -2.53. The minimum atomic E-state index is -4.52. The number of thioether (sulfide) groups is 1. The van der Waals surface area contributed by atoms with Crippen LogP contribution in [0.15, 0.2) is 48.5 Å². The summed E-state index contributed by atoms with van der Waals surface area (Å²) in [5.41, 5.74) is -0.267. The first-order chi connectivity index (χ1) is 14.2. The maximum Gasteiger partial charge on any atom is 0.416 e. The molecule has 2 aromatic rings. The number of rotatable bonds is 2. The minimum absolute atomic E-state index is 0.00804. The van der Waals surface area contributed by atoms with Crippen LogP contribution in [0, 0.1) is 5.82 Å². The van der Waals surface area contributed by atoms with Crippen molar-refractivity contribution in [2.45, 2.75) is 23.9 Å². The summed E-state index contributed by atoms with van der Waals surface area (Å²) >= 11 is 1.49. The number of halogens is 4. The third-order valence-corrected chi connectivity index (χ3v) is 6.99. The van der Waals surface area contributed by atoms with Crippen LogP contribution in [-0.2, 0) is 11.0 Å². The molecule has 4 rings (SSSR count). The van der Waals surface area contributed by atoms with E-state index in [9.17, 15) is 27.2 Å². The number of amides is 2. The van der Waals surface area contributed by atoms with Gasteiger partial charge >= 0.3 is 6.18 Å². The Morgan fingerprint density at radius 3 is 2.33 bits per heavy atom. The Balaban J connectivity index is 1.51. The number of hydrogen-bond acceptors (Lipinski definition) is 3. The normalized spacial score (nSPS) is 18.9. The Bertz CT molecular complexity index is 970. The van der Waals surface area contributed by atoms with Crippen LogP contribution in [0.25, 0.3) is 0 Å². The Hall–Kier alpha value is -2.55. The van der Waals surface area contributed by atoms with Crippen molar-refractivity contribution in [1.29, 1.82) is 0 Å². The molecule has 0 aliphatic carbocycles. The molecule has 2 aromatic carbocycles. The molecule has 2 fully saturated rings. The molecule has 9 heteroatoms. The zero-order valence-electron chi connectivity index (χ0n) is 15.8. The predicted octanol–water partition coefficient (Wildman–Crippen LogP) is 4.56. The van der Waals surface area contributed by atoms with Gasteiger partial charge < -0.3 is 4.90 Å². The summed E-state index contributed by atoms with van der Waals surface area (Å²) in [6.45, 7) is 0.625. The van der Waals surface area contributed by atoms with Gasteiger partial charge in [-0.15, -0.1) is 11.8 Å². The van der Waals surface area contributed by atoms with Gasteiger partial charge in [-0.2, -0.15) is 13.2 Å². The van der Waals surface area contributed by atoms with Gasteiger partial charge in [0.05, 0.1) is 16.2 Å². The number of anilines is 1. The highest BCUT2D eigenvalue weighted by Crippen LogP contribution is 2.47. The molecule has 2 aliphatic rings. The van der Waals surface area contributed by atoms with E-state index in [1.165, 1.54) is 40.9 Å². The summed E-state index contributed by atoms with van der Waals surface area (Å²) in [5, 5.41) is 0.